The minimum absolute atomic E-state index is 0.0476. The van der Waals surface area contributed by atoms with E-state index in [1.807, 2.05) is 25.1 Å². The number of rotatable bonds is 10. The van der Waals surface area contributed by atoms with Gasteiger partial charge in [0.1, 0.15) is 5.82 Å². The van der Waals surface area contributed by atoms with Gasteiger partial charge in [0.2, 0.25) is 5.82 Å². The van der Waals surface area contributed by atoms with Gasteiger partial charge in [0.05, 0.1) is 19.8 Å². The van der Waals surface area contributed by atoms with Crippen LogP contribution in [0.1, 0.15) is 51.0 Å². The Bertz CT molecular complexity index is 1200. The summed E-state index contributed by atoms with van der Waals surface area (Å²) in [6.07, 6.45) is 7.32. The third kappa shape index (κ3) is 6.62. The summed E-state index contributed by atoms with van der Waals surface area (Å²) in [5.41, 5.74) is 2.51. The molecule has 1 heterocycles. The summed E-state index contributed by atoms with van der Waals surface area (Å²) in [6, 6.07) is 14.8. The molecule has 1 aliphatic rings. The molecule has 0 aliphatic carbocycles. The highest BCUT2D eigenvalue weighted by atomic mass is 19.2. The molecular formula is C31H33F3O3. The Morgan fingerprint density at radius 2 is 1.51 bits per heavy atom. The Kier molecular flexibility index (Phi) is 9.42. The van der Waals surface area contributed by atoms with E-state index in [0.717, 1.165) is 31.2 Å². The van der Waals surface area contributed by atoms with E-state index in [2.05, 4.69) is 6.92 Å². The first kappa shape index (κ1) is 27.0. The van der Waals surface area contributed by atoms with Crippen LogP contribution in [0.25, 0.3) is 22.3 Å². The van der Waals surface area contributed by atoms with Crippen LogP contribution >= 0.6 is 0 Å². The largest absolute Gasteiger partial charge is 0.490 e. The highest BCUT2D eigenvalue weighted by Gasteiger charge is 2.23. The van der Waals surface area contributed by atoms with Crippen LogP contribution in [0.3, 0.4) is 0 Å². The molecule has 0 unspecified atom stereocenters. The molecule has 0 radical (unpaired) electrons. The fraction of sp³-hybridized carbons (Fsp3) is 0.355. The average Bonchev–Trinajstić information content (AvgIpc) is 2.92. The number of hydrogen-bond acceptors (Lipinski definition) is 3. The number of benzene rings is 3. The van der Waals surface area contributed by atoms with Crippen LogP contribution in [0.4, 0.5) is 13.2 Å². The van der Waals surface area contributed by atoms with Crippen LogP contribution in [0.2, 0.25) is 0 Å². The molecule has 0 spiro atoms. The van der Waals surface area contributed by atoms with E-state index in [1.54, 1.807) is 30.3 Å². The predicted octanol–water partition coefficient (Wildman–Crippen LogP) is 8.43. The second kappa shape index (κ2) is 12.9. The summed E-state index contributed by atoms with van der Waals surface area (Å²) in [5, 5.41) is 0. The molecule has 0 saturated carbocycles. The van der Waals surface area contributed by atoms with Gasteiger partial charge in [-0.3, -0.25) is 0 Å². The van der Waals surface area contributed by atoms with Crippen molar-refractivity contribution in [3.8, 4) is 28.0 Å². The molecule has 0 amide bonds. The molecule has 0 N–H and O–H groups in total. The van der Waals surface area contributed by atoms with Crippen molar-refractivity contribution in [1.82, 2.24) is 0 Å². The van der Waals surface area contributed by atoms with Gasteiger partial charge in [-0.1, -0.05) is 68.7 Å². The minimum atomic E-state index is -0.994. The Balaban J connectivity index is 1.44. The second-order valence-corrected chi connectivity index (χ2v) is 9.22. The lowest BCUT2D eigenvalue weighted by atomic mass is 9.95. The van der Waals surface area contributed by atoms with Crippen molar-refractivity contribution in [3.05, 3.63) is 89.8 Å². The summed E-state index contributed by atoms with van der Waals surface area (Å²) >= 11 is 0. The molecule has 0 bridgehead atoms. The Morgan fingerprint density at radius 1 is 0.838 bits per heavy atom. The van der Waals surface area contributed by atoms with Crippen LogP contribution < -0.4 is 4.74 Å². The van der Waals surface area contributed by atoms with E-state index in [9.17, 15) is 8.78 Å². The molecule has 0 aromatic heterocycles. The van der Waals surface area contributed by atoms with Gasteiger partial charge in [-0.2, -0.15) is 4.39 Å². The van der Waals surface area contributed by atoms with Crippen molar-refractivity contribution in [2.24, 2.45) is 0 Å². The maximum absolute atomic E-state index is 15.0. The Morgan fingerprint density at radius 3 is 2.16 bits per heavy atom. The smallest absolute Gasteiger partial charge is 0.201 e. The van der Waals surface area contributed by atoms with Gasteiger partial charge in [0.15, 0.2) is 17.9 Å². The summed E-state index contributed by atoms with van der Waals surface area (Å²) in [4.78, 5) is 0. The lowest BCUT2D eigenvalue weighted by Crippen LogP contribution is -2.29. The second-order valence-electron chi connectivity index (χ2n) is 9.22. The van der Waals surface area contributed by atoms with Crippen LogP contribution in [-0.2, 0) is 9.47 Å². The zero-order valence-electron chi connectivity index (χ0n) is 21.3. The van der Waals surface area contributed by atoms with E-state index < -0.39 is 11.6 Å². The monoisotopic (exact) mass is 510 g/mol. The highest BCUT2D eigenvalue weighted by molar-refractivity contribution is 5.71. The number of hydrogen-bond donors (Lipinski definition) is 0. The van der Waals surface area contributed by atoms with Gasteiger partial charge in [-0.25, -0.2) is 8.78 Å². The highest BCUT2D eigenvalue weighted by Crippen LogP contribution is 2.33. The lowest BCUT2D eigenvalue weighted by molar-refractivity contribution is -0.159. The molecule has 1 fully saturated rings. The van der Waals surface area contributed by atoms with Crippen molar-refractivity contribution in [3.63, 3.8) is 0 Å². The summed E-state index contributed by atoms with van der Waals surface area (Å²) in [7, 11) is 0. The first-order chi connectivity index (χ1) is 18.0. The molecule has 3 aromatic rings. The Labute approximate surface area is 216 Å². The van der Waals surface area contributed by atoms with Crippen LogP contribution in [-0.4, -0.2) is 26.1 Å². The van der Waals surface area contributed by atoms with Crippen LogP contribution in [0.15, 0.2) is 66.7 Å². The van der Waals surface area contributed by atoms with Crippen molar-refractivity contribution in [2.75, 3.05) is 19.8 Å². The number of ether oxygens (including phenoxy) is 3. The van der Waals surface area contributed by atoms with Crippen molar-refractivity contribution >= 4 is 0 Å². The van der Waals surface area contributed by atoms with Crippen LogP contribution in [0.5, 0.6) is 5.75 Å². The zero-order valence-corrected chi connectivity index (χ0v) is 21.3. The fourth-order valence-electron chi connectivity index (χ4n) is 4.40. The first-order valence-corrected chi connectivity index (χ1v) is 12.9. The summed E-state index contributed by atoms with van der Waals surface area (Å²) < 4.78 is 61.2. The third-order valence-corrected chi connectivity index (χ3v) is 6.55. The molecular weight excluding hydrogens is 477 g/mol. The van der Waals surface area contributed by atoms with Gasteiger partial charge in [0, 0.05) is 17.0 Å². The molecule has 6 heteroatoms. The predicted molar refractivity (Wildman–Crippen MR) is 140 cm³/mol. The molecule has 0 atom stereocenters. The summed E-state index contributed by atoms with van der Waals surface area (Å²) in [6.45, 7) is 5.26. The zero-order chi connectivity index (χ0) is 26.2. The maximum atomic E-state index is 15.0. The first-order valence-electron chi connectivity index (χ1n) is 12.9. The quantitative estimate of drug-likeness (QED) is 0.202. The van der Waals surface area contributed by atoms with E-state index in [-0.39, 0.29) is 29.3 Å². The fourth-order valence-corrected chi connectivity index (χ4v) is 4.40. The minimum Gasteiger partial charge on any atom is -0.490 e. The molecule has 3 aromatic carbocycles. The van der Waals surface area contributed by atoms with Gasteiger partial charge in [0.25, 0.3) is 0 Å². The molecule has 1 saturated heterocycles. The van der Waals surface area contributed by atoms with E-state index in [0.29, 0.717) is 36.5 Å². The van der Waals surface area contributed by atoms with Crippen molar-refractivity contribution < 1.29 is 27.4 Å². The van der Waals surface area contributed by atoms with Gasteiger partial charge in [-0.15, -0.1) is 0 Å². The number of halogens is 3. The van der Waals surface area contributed by atoms with Crippen molar-refractivity contribution in [2.45, 2.75) is 51.7 Å². The van der Waals surface area contributed by atoms with Gasteiger partial charge >= 0.3 is 0 Å². The Hall–Kier alpha value is -3.09. The van der Waals surface area contributed by atoms with Gasteiger partial charge < -0.3 is 14.2 Å². The van der Waals surface area contributed by atoms with Gasteiger partial charge in [-0.05, 0) is 54.3 Å². The molecule has 1 aliphatic heterocycles. The van der Waals surface area contributed by atoms with E-state index in [1.165, 1.54) is 18.2 Å². The van der Waals surface area contributed by atoms with E-state index in [4.69, 9.17) is 14.2 Å². The van der Waals surface area contributed by atoms with E-state index >= 15 is 4.39 Å². The molecule has 196 valence electrons. The number of unbranched alkanes of at least 4 members (excludes halogenated alkanes) is 3. The molecule has 4 rings (SSSR count). The van der Waals surface area contributed by atoms with Crippen LogP contribution in [0, 0.1) is 17.5 Å². The maximum Gasteiger partial charge on any atom is 0.201 e. The SMILES string of the molecule is C/C=C/C1OCC(c2ccc(-c3ccc(-c4ccc(OCCCCCC)c(F)c4F)cc3)c(F)c2)CO1. The lowest BCUT2D eigenvalue weighted by Gasteiger charge is -2.28. The normalized spacial score (nSPS) is 17.9. The third-order valence-electron chi connectivity index (χ3n) is 6.55. The topological polar surface area (TPSA) is 27.7 Å². The standard InChI is InChI=1S/C31H33F3O3/c1-3-5-6-7-17-35-28-16-15-26(30(33)31(28)34)22-11-9-21(10-12-22)25-14-13-23(18-27(25)32)24-19-36-29(8-4-2)37-20-24/h4,8-16,18,24,29H,3,5-7,17,19-20H2,1-2H3/b8-4+. The number of allylic oxidation sites excluding steroid dienone is 1. The average molecular weight is 511 g/mol. The molecule has 37 heavy (non-hydrogen) atoms. The molecule has 3 nitrogen and oxygen atoms in total. The van der Waals surface area contributed by atoms with Crippen molar-refractivity contribution in [1.29, 1.82) is 0 Å². The summed E-state index contributed by atoms with van der Waals surface area (Å²) in [5.74, 6) is -2.44.